The maximum absolute atomic E-state index is 13.6. The SMILES string of the molecule is COC(=O)c1cc(-c2cnn(CCCNCl)c2)ccc1F. The Hall–Kier alpha value is -1.92. The standard InChI is InChI=1S/C14H15ClFN3O2/c1-21-14(20)12-7-10(3-4-13(12)16)11-8-18-19(9-11)6-2-5-17-15/h3-4,7-9,17H,2,5-6H2,1H3. The number of hydrogen-bond acceptors (Lipinski definition) is 4. The fourth-order valence-corrected chi connectivity index (χ4v) is 2.05. The summed E-state index contributed by atoms with van der Waals surface area (Å²) in [6, 6.07) is 4.31. The van der Waals surface area contributed by atoms with Gasteiger partial charge < -0.3 is 4.74 Å². The van der Waals surface area contributed by atoms with Gasteiger partial charge in [-0.15, -0.1) is 0 Å². The second-order valence-electron chi connectivity index (χ2n) is 4.42. The number of aryl methyl sites for hydroxylation is 1. The number of carbonyl (C=O) groups excluding carboxylic acids is 1. The van der Waals surface area contributed by atoms with Crippen LogP contribution in [0.3, 0.4) is 0 Å². The molecule has 1 aromatic carbocycles. The third-order valence-electron chi connectivity index (χ3n) is 3.00. The van der Waals surface area contributed by atoms with Gasteiger partial charge in [-0.2, -0.15) is 5.10 Å². The molecule has 1 aromatic heterocycles. The third-order valence-corrected chi connectivity index (χ3v) is 3.19. The van der Waals surface area contributed by atoms with Gasteiger partial charge in [0.15, 0.2) is 0 Å². The Labute approximate surface area is 126 Å². The van der Waals surface area contributed by atoms with Gasteiger partial charge in [-0.3, -0.25) is 4.68 Å². The van der Waals surface area contributed by atoms with Crippen LogP contribution in [0.15, 0.2) is 30.6 Å². The summed E-state index contributed by atoms with van der Waals surface area (Å²) in [7, 11) is 1.22. The van der Waals surface area contributed by atoms with Crippen molar-refractivity contribution in [3.63, 3.8) is 0 Å². The highest BCUT2D eigenvalue weighted by atomic mass is 35.5. The third kappa shape index (κ3) is 3.80. The molecule has 0 aliphatic carbocycles. The summed E-state index contributed by atoms with van der Waals surface area (Å²) in [5.41, 5.74) is 1.42. The van der Waals surface area contributed by atoms with E-state index in [-0.39, 0.29) is 5.56 Å². The van der Waals surface area contributed by atoms with Crippen LogP contribution in [0.25, 0.3) is 11.1 Å². The lowest BCUT2D eigenvalue weighted by Crippen LogP contribution is -2.06. The monoisotopic (exact) mass is 311 g/mol. The molecular formula is C14H15ClFN3O2. The Morgan fingerprint density at radius 1 is 1.48 bits per heavy atom. The molecule has 1 heterocycles. The molecule has 0 aliphatic heterocycles. The van der Waals surface area contributed by atoms with Crippen molar-refractivity contribution < 1.29 is 13.9 Å². The number of ether oxygens (including phenoxy) is 1. The summed E-state index contributed by atoms with van der Waals surface area (Å²) >= 11 is 5.39. The molecule has 2 rings (SSSR count). The fraction of sp³-hybridized carbons (Fsp3) is 0.286. The smallest absolute Gasteiger partial charge is 0.340 e. The molecular weight excluding hydrogens is 297 g/mol. The second kappa shape index (κ2) is 7.19. The van der Waals surface area contributed by atoms with Crippen molar-refractivity contribution in [2.75, 3.05) is 13.7 Å². The molecule has 0 saturated heterocycles. The lowest BCUT2D eigenvalue weighted by atomic mass is 10.1. The molecule has 5 nitrogen and oxygen atoms in total. The lowest BCUT2D eigenvalue weighted by molar-refractivity contribution is 0.0595. The number of carbonyl (C=O) groups is 1. The van der Waals surface area contributed by atoms with Gasteiger partial charge in [0, 0.05) is 24.8 Å². The van der Waals surface area contributed by atoms with E-state index >= 15 is 0 Å². The van der Waals surface area contributed by atoms with Crippen LogP contribution >= 0.6 is 11.8 Å². The summed E-state index contributed by atoms with van der Waals surface area (Å²) < 4.78 is 19.9. The molecule has 0 amide bonds. The van der Waals surface area contributed by atoms with Crippen LogP contribution in [0.2, 0.25) is 0 Å². The van der Waals surface area contributed by atoms with E-state index in [1.54, 1.807) is 16.9 Å². The molecule has 112 valence electrons. The van der Waals surface area contributed by atoms with E-state index in [2.05, 4.69) is 14.7 Å². The zero-order valence-corrected chi connectivity index (χ0v) is 12.2. The molecule has 0 bridgehead atoms. The van der Waals surface area contributed by atoms with E-state index in [1.165, 1.54) is 19.2 Å². The number of esters is 1. The number of halogens is 2. The summed E-state index contributed by atoms with van der Waals surface area (Å²) in [5, 5.41) is 4.22. The maximum atomic E-state index is 13.6. The van der Waals surface area contributed by atoms with Gasteiger partial charge >= 0.3 is 5.97 Å². The summed E-state index contributed by atoms with van der Waals surface area (Å²) in [6.07, 6.45) is 4.34. The minimum Gasteiger partial charge on any atom is -0.465 e. The van der Waals surface area contributed by atoms with E-state index in [0.717, 1.165) is 12.0 Å². The van der Waals surface area contributed by atoms with Crippen molar-refractivity contribution in [3.05, 3.63) is 42.0 Å². The van der Waals surface area contributed by atoms with Gasteiger partial charge in [0.2, 0.25) is 0 Å². The molecule has 21 heavy (non-hydrogen) atoms. The molecule has 0 saturated carbocycles. The van der Waals surface area contributed by atoms with Crippen molar-refractivity contribution in [1.29, 1.82) is 0 Å². The van der Waals surface area contributed by atoms with E-state index in [1.807, 2.05) is 6.20 Å². The van der Waals surface area contributed by atoms with Gasteiger partial charge in [-0.25, -0.2) is 14.0 Å². The van der Waals surface area contributed by atoms with E-state index in [9.17, 15) is 9.18 Å². The first-order valence-electron chi connectivity index (χ1n) is 6.40. The number of nitrogens with zero attached hydrogens (tertiary/aromatic N) is 2. The van der Waals surface area contributed by atoms with Gasteiger partial charge in [-0.05, 0) is 35.9 Å². The van der Waals surface area contributed by atoms with E-state index < -0.39 is 11.8 Å². The molecule has 2 aromatic rings. The first-order valence-corrected chi connectivity index (χ1v) is 6.77. The van der Waals surface area contributed by atoms with Gasteiger partial charge in [0.1, 0.15) is 5.82 Å². The van der Waals surface area contributed by atoms with Crippen LogP contribution in [0.4, 0.5) is 4.39 Å². The topological polar surface area (TPSA) is 56.1 Å². The lowest BCUT2D eigenvalue weighted by Gasteiger charge is -2.04. The van der Waals surface area contributed by atoms with Gasteiger partial charge in [0.25, 0.3) is 0 Å². The van der Waals surface area contributed by atoms with Crippen LogP contribution in [0.5, 0.6) is 0 Å². The highest BCUT2D eigenvalue weighted by Gasteiger charge is 2.14. The van der Waals surface area contributed by atoms with Crippen molar-refractivity contribution in [1.82, 2.24) is 14.6 Å². The molecule has 0 atom stereocenters. The van der Waals surface area contributed by atoms with Crippen LogP contribution in [-0.2, 0) is 11.3 Å². The first-order chi connectivity index (χ1) is 10.2. The van der Waals surface area contributed by atoms with Crippen LogP contribution in [0, 0.1) is 5.82 Å². The molecule has 7 heteroatoms. The van der Waals surface area contributed by atoms with Crippen LogP contribution in [0.1, 0.15) is 16.8 Å². The van der Waals surface area contributed by atoms with Crippen molar-refractivity contribution in [2.24, 2.45) is 0 Å². The van der Waals surface area contributed by atoms with Crippen molar-refractivity contribution >= 4 is 17.7 Å². The minimum atomic E-state index is -0.699. The van der Waals surface area contributed by atoms with Crippen LogP contribution in [-0.4, -0.2) is 29.4 Å². The number of nitrogens with one attached hydrogen (secondary N) is 1. The first kappa shape index (κ1) is 15.5. The average molecular weight is 312 g/mol. The Bertz CT molecular complexity index is 630. The number of methoxy groups -OCH3 is 1. The Kier molecular flexibility index (Phi) is 5.30. The number of benzene rings is 1. The highest BCUT2D eigenvalue weighted by molar-refractivity contribution is 6.13. The number of hydrogen-bond donors (Lipinski definition) is 1. The zero-order chi connectivity index (χ0) is 15.2. The normalized spacial score (nSPS) is 10.6. The molecule has 1 N–H and O–H groups in total. The second-order valence-corrected chi connectivity index (χ2v) is 4.68. The molecule has 0 spiro atoms. The van der Waals surface area contributed by atoms with Gasteiger partial charge in [-0.1, -0.05) is 6.07 Å². The van der Waals surface area contributed by atoms with Crippen LogP contribution < -0.4 is 4.84 Å². The largest absolute Gasteiger partial charge is 0.465 e. The summed E-state index contributed by atoms with van der Waals surface area (Å²) in [6.45, 7) is 1.39. The summed E-state index contributed by atoms with van der Waals surface area (Å²) in [4.78, 5) is 14.0. The van der Waals surface area contributed by atoms with Gasteiger partial charge in [0.05, 0.1) is 18.9 Å². The summed E-state index contributed by atoms with van der Waals surface area (Å²) in [5.74, 6) is -1.30. The average Bonchev–Trinajstić information content (AvgIpc) is 2.96. The maximum Gasteiger partial charge on any atom is 0.340 e. The molecule has 0 unspecified atom stereocenters. The number of aromatic nitrogens is 2. The molecule has 0 radical (unpaired) electrons. The highest BCUT2D eigenvalue weighted by Crippen LogP contribution is 2.22. The predicted molar refractivity (Wildman–Crippen MR) is 77.4 cm³/mol. The van der Waals surface area contributed by atoms with Crippen molar-refractivity contribution in [2.45, 2.75) is 13.0 Å². The van der Waals surface area contributed by atoms with E-state index in [4.69, 9.17) is 11.8 Å². The van der Waals surface area contributed by atoms with E-state index in [0.29, 0.717) is 18.7 Å². The van der Waals surface area contributed by atoms with Crippen molar-refractivity contribution in [3.8, 4) is 11.1 Å². The Morgan fingerprint density at radius 3 is 3.00 bits per heavy atom. The predicted octanol–water partition coefficient (Wildman–Crippen LogP) is 2.61. The fourth-order valence-electron chi connectivity index (χ4n) is 1.91. The molecule has 0 aliphatic rings. The number of rotatable bonds is 6. The minimum absolute atomic E-state index is 0.0888. The quantitative estimate of drug-likeness (QED) is 0.506. The Morgan fingerprint density at radius 2 is 2.29 bits per heavy atom. The zero-order valence-electron chi connectivity index (χ0n) is 11.5. The molecule has 0 fully saturated rings. The Balaban J connectivity index is 2.20.